The average molecular weight is 177 g/mol. The molecule has 0 amide bonds. The fourth-order valence-electron chi connectivity index (χ4n) is 0.857. The van der Waals surface area contributed by atoms with Crippen molar-refractivity contribution in [1.29, 1.82) is 0 Å². The first kappa shape index (κ1) is 8.77. The van der Waals surface area contributed by atoms with Crippen LogP contribution in [0.5, 0.6) is 0 Å². The van der Waals surface area contributed by atoms with Gasteiger partial charge in [-0.2, -0.15) is 0 Å². The van der Waals surface area contributed by atoms with Gasteiger partial charge in [-0.3, -0.25) is 0 Å². The van der Waals surface area contributed by atoms with Crippen molar-refractivity contribution in [2.75, 3.05) is 0 Å². The summed E-state index contributed by atoms with van der Waals surface area (Å²) in [6.45, 7) is 0. The molecule has 0 saturated heterocycles. The van der Waals surface area contributed by atoms with Crippen LogP contribution in [0.2, 0.25) is 0 Å². The van der Waals surface area contributed by atoms with Gasteiger partial charge in [0.05, 0.1) is 0 Å². The van der Waals surface area contributed by atoms with E-state index in [0.717, 1.165) is 4.85 Å². The number of fused-ring (bicyclic) bond motifs is 1. The summed E-state index contributed by atoms with van der Waals surface area (Å²) in [5.41, 5.74) is 1.33. The van der Waals surface area contributed by atoms with Gasteiger partial charge in [-0.25, -0.2) is 0 Å². The van der Waals surface area contributed by atoms with E-state index in [1.54, 1.807) is 12.1 Å². The molecule has 0 fully saturated rings. The zero-order chi connectivity index (χ0) is 6.97. The van der Waals surface area contributed by atoms with E-state index in [1.807, 2.05) is 12.1 Å². The van der Waals surface area contributed by atoms with Gasteiger partial charge in [0.2, 0.25) is 0 Å². The monoisotopic (exact) mass is 177 g/mol. The molecule has 4 nitrogen and oxygen atoms in total. The van der Waals surface area contributed by atoms with Crippen molar-refractivity contribution in [1.82, 2.24) is 15.2 Å². The summed E-state index contributed by atoms with van der Waals surface area (Å²) in [4.78, 5) is 0.759. The van der Waals surface area contributed by atoms with Crippen molar-refractivity contribution in [2.45, 2.75) is 0 Å². The van der Waals surface area contributed by atoms with Crippen LogP contribution in [0.4, 0.5) is 0 Å². The Labute approximate surface area is 92.8 Å². The van der Waals surface area contributed by atoms with Gasteiger partial charge in [-0.1, -0.05) is 17.0 Å². The van der Waals surface area contributed by atoms with Gasteiger partial charge in [-0.15, -0.1) is 5.10 Å². The summed E-state index contributed by atoms with van der Waals surface area (Å²) in [6, 6.07) is 7.19. The molecule has 1 aromatic carbocycles. The predicted molar refractivity (Wildman–Crippen MR) is 43.3 cm³/mol. The number of para-hydroxylation sites is 1. The zero-order valence-electron chi connectivity index (χ0n) is 5.10. The Hall–Kier alpha value is -0.320. The van der Waals surface area contributed by atoms with Crippen LogP contribution in [0.15, 0.2) is 24.3 Å². The third-order valence-corrected chi connectivity index (χ3v) is 1.33. The summed E-state index contributed by atoms with van der Waals surface area (Å²) < 4.78 is 0. The maximum atomic E-state index is 8.95. The van der Waals surface area contributed by atoms with Gasteiger partial charge >= 0.3 is 37.7 Å². The number of aromatic nitrogens is 3. The van der Waals surface area contributed by atoms with Crippen LogP contribution in [0.3, 0.4) is 0 Å². The normalized spacial score (nSPS) is 9.45. The molecule has 2 rings (SSSR count). The molecule has 0 unspecified atom stereocenters. The van der Waals surface area contributed by atoms with Crippen LogP contribution in [-0.4, -0.2) is 58.1 Å². The van der Waals surface area contributed by atoms with Crippen LogP contribution in [0, 0.1) is 0 Å². The van der Waals surface area contributed by atoms with Crippen molar-refractivity contribution in [3.63, 3.8) is 0 Å². The molecule has 0 saturated carbocycles. The van der Waals surface area contributed by atoms with Gasteiger partial charge in [0.1, 0.15) is 11.0 Å². The van der Waals surface area contributed by atoms with Crippen LogP contribution in [-0.2, 0) is 0 Å². The van der Waals surface area contributed by atoms with Gasteiger partial charge < -0.3 is 5.21 Å². The van der Waals surface area contributed by atoms with E-state index >= 15 is 0 Å². The molecule has 0 aliphatic carbocycles. The van der Waals surface area contributed by atoms with E-state index in [2.05, 4.69) is 10.3 Å². The van der Waals surface area contributed by atoms with E-state index < -0.39 is 0 Å². The van der Waals surface area contributed by atoms with E-state index in [-0.39, 0.29) is 37.7 Å². The number of benzene rings is 1. The molecular formula is C6H7CaN3O. The van der Waals surface area contributed by atoms with Crippen LogP contribution >= 0.6 is 0 Å². The van der Waals surface area contributed by atoms with E-state index in [4.69, 9.17) is 5.21 Å². The topological polar surface area (TPSA) is 50.9 Å². The second-order valence-electron chi connectivity index (χ2n) is 1.97. The Morgan fingerprint density at radius 1 is 1.27 bits per heavy atom. The standard InChI is InChI=1S/C6H5N3O.Ca.2H/c10-9-6-4-2-1-3-5(6)7-8-9;;;/h1-4,10H;;;. The maximum absolute atomic E-state index is 8.95. The van der Waals surface area contributed by atoms with E-state index in [9.17, 15) is 0 Å². The Kier molecular flexibility index (Phi) is 2.70. The van der Waals surface area contributed by atoms with E-state index in [0.29, 0.717) is 11.0 Å². The summed E-state index contributed by atoms with van der Waals surface area (Å²) in [5.74, 6) is 0. The number of nitrogens with zero attached hydrogens (tertiary/aromatic N) is 3. The molecule has 0 bridgehead atoms. The predicted octanol–water partition coefficient (Wildman–Crippen LogP) is -0.248. The fraction of sp³-hybridized carbons (Fsp3) is 0. The Morgan fingerprint density at radius 2 is 2.00 bits per heavy atom. The SMILES string of the molecule is On1nnc2ccccc21.[CaH2]. The molecule has 0 aliphatic rings. The molecule has 2 aromatic rings. The molecular weight excluding hydrogens is 170 g/mol. The van der Waals surface area contributed by atoms with Crippen molar-refractivity contribution in [3.05, 3.63) is 24.3 Å². The Bertz CT molecular complexity index is 359. The molecule has 0 spiro atoms. The van der Waals surface area contributed by atoms with Crippen molar-refractivity contribution in [3.8, 4) is 0 Å². The average Bonchev–Trinajstić information content (AvgIpc) is 2.34. The molecule has 0 radical (unpaired) electrons. The molecule has 1 aromatic heterocycles. The molecule has 1 N–H and O–H groups in total. The minimum atomic E-state index is 0. The first-order valence-electron chi connectivity index (χ1n) is 2.87. The summed E-state index contributed by atoms with van der Waals surface area (Å²) in [7, 11) is 0. The van der Waals surface area contributed by atoms with Gasteiger partial charge in [-0.05, 0) is 17.3 Å². The molecule has 54 valence electrons. The fourth-order valence-corrected chi connectivity index (χ4v) is 0.857. The van der Waals surface area contributed by atoms with Crippen molar-refractivity contribution >= 4 is 48.8 Å². The van der Waals surface area contributed by atoms with Crippen molar-refractivity contribution in [2.24, 2.45) is 0 Å². The molecule has 11 heavy (non-hydrogen) atoms. The second kappa shape index (κ2) is 3.38. The Balaban J connectivity index is 0.000000605. The summed E-state index contributed by atoms with van der Waals surface area (Å²) in [5, 5.41) is 16.1. The quantitative estimate of drug-likeness (QED) is 0.446. The second-order valence-corrected chi connectivity index (χ2v) is 1.97. The summed E-state index contributed by atoms with van der Waals surface area (Å²) in [6.07, 6.45) is 0. The van der Waals surface area contributed by atoms with Crippen molar-refractivity contribution < 1.29 is 5.21 Å². The van der Waals surface area contributed by atoms with Crippen LogP contribution < -0.4 is 0 Å². The Morgan fingerprint density at radius 3 is 2.73 bits per heavy atom. The minimum absolute atomic E-state index is 0. The first-order valence-corrected chi connectivity index (χ1v) is 2.87. The van der Waals surface area contributed by atoms with Crippen LogP contribution in [0.25, 0.3) is 11.0 Å². The summed E-state index contributed by atoms with van der Waals surface area (Å²) >= 11 is 0. The third-order valence-electron chi connectivity index (χ3n) is 1.33. The third kappa shape index (κ3) is 1.47. The van der Waals surface area contributed by atoms with Gasteiger partial charge in [0, 0.05) is 0 Å². The molecule has 5 heteroatoms. The number of hydrogen-bond acceptors (Lipinski definition) is 3. The zero-order valence-corrected chi connectivity index (χ0v) is 5.10. The van der Waals surface area contributed by atoms with E-state index in [1.165, 1.54) is 0 Å². The number of rotatable bonds is 0. The molecule has 1 heterocycles. The van der Waals surface area contributed by atoms with Gasteiger partial charge in [0.25, 0.3) is 0 Å². The van der Waals surface area contributed by atoms with Crippen LogP contribution in [0.1, 0.15) is 0 Å². The molecule has 0 atom stereocenters. The number of hydrogen-bond donors (Lipinski definition) is 1. The van der Waals surface area contributed by atoms with Gasteiger partial charge in [0.15, 0.2) is 0 Å². The molecule has 0 aliphatic heterocycles. The first-order chi connectivity index (χ1) is 4.88.